The summed E-state index contributed by atoms with van der Waals surface area (Å²) < 4.78 is 6.54. The number of fused-ring (bicyclic) bond motifs is 1. The van der Waals surface area contributed by atoms with Crippen molar-refractivity contribution in [2.24, 2.45) is 0 Å². The lowest BCUT2D eigenvalue weighted by molar-refractivity contribution is -0.132. The van der Waals surface area contributed by atoms with Gasteiger partial charge in [0.05, 0.1) is 0 Å². The topological polar surface area (TPSA) is 66.8 Å². The van der Waals surface area contributed by atoms with Crippen LogP contribution >= 0.6 is 0 Å². The van der Waals surface area contributed by atoms with Crippen LogP contribution in [0.25, 0.3) is 0 Å². The van der Waals surface area contributed by atoms with E-state index in [0.717, 1.165) is 79.4 Å². The highest BCUT2D eigenvalue weighted by atomic mass is 16.5. The lowest BCUT2D eigenvalue weighted by Crippen LogP contribution is -2.37. The molecule has 0 saturated heterocycles. The average molecular weight is 455 g/mol. The number of carbonyl (C=O) groups is 1. The van der Waals surface area contributed by atoms with Crippen LogP contribution < -0.4 is 4.74 Å². The van der Waals surface area contributed by atoms with Crippen molar-refractivity contribution in [1.82, 2.24) is 0 Å². The molecule has 1 aromatic carbocycles. The van der Waals surface area contributed by atoms with E-state index in [1.54, 1.807) is 13.0 Å². The molecule has 1 atom stereocenters. The van der Waals surface area contributed by atoms with Gasteiger partial charge in [0.25, 0.3) is 0 Å². The monoisotopic (exact) mass is 454 g/mol. The average Bonchev–Trinajstić information content (AvgIpc) is 2.76. The number of aromatic hydroxyl groups is 1. The second-order valence-corrected chi connectivity index (χ2v) is 9.99. The second-order valence-electron chi connectivity index (χ2n) is 9.99. The number of allylic oxidation sites excluding steroid dienone is 5. The molecule has 2 rings (SSSR count). The molecule has 4 nitrogen and oxygen atoms in total. The van der Waals surface area contributed by atoms with E-state index < -0.39 is 5.97 Å². The Hall–Kier alpha value is -2.49. The largest absolute Gasteiger partial charge is 0.507 e. The molecule has 33 heavy (non-hydrogen) atoms. The fraction of sp³-hybridized carbons (Fsp3) is 0.552. The smallest absolute Gasteiger partial charge is 0.330 e. The summed E-state index contributed by atoms with van der Waals surface area (Å²) >= 11 is 0. The summed E-state index contributed by atoms with van der Waals surface area (Å²) in [4.78, 5) is 10.8. The van der Waals surface area contributed by atoms with Crippen molar-refractivity contribution in [2.45, 2.75) is 105 Å². The summed E-state index contributed by atoms with van der Waals surface area (Å²) in [7, 11) is 0. The zero-order chi connectivity index (χ0) is 24.8. The molecule has 1 aliphatic rings. The molecule has 0 unspecified atom stereocenters. The first-order chi connectivity index (χ1) is 15.4. The molecule has 0 spiro atoms. The minimum atomic E-state index is -0.839. The molecule has 1 aliphatic heterocycles. The summed E-state index contributed by atoms with van der Waals surface area (Å²) in [6, 6.07) is 0. The molecule has 0 saturated carbocycles. The quantitative estimate of drug-likeness (QED) is 0.281. The van der Waals surface area contributed by atoms with Crippen LogP contribution in [0.5, 0.6) is 11.5 Å². The Morgan fingerprint density at radius 3 is 2.12 bits per heavy atom. The maximum absolute atomic E-state index is 10.8. The highest BCUT2D eigenvalue weighted by Crippen LogP contribution is 2.44. The van der Waals surface area contributed by atoms with Gasteiger partial charge in [-0.25, -0.2) is 4.79 Å². The van der Waals surface area contributed by atoms with Crippen molar-refractivity contribution in [1.29, 1.82) is 0 Å². The SMILES string of the molecule is C/C(=C/CC[C@]1(C)CCc2c(C)c(O)c(C)c(C)c2O1)CC/C=C(/C)CC/C=C(\C)C(=O)O. The number of carboxylic acid groups (broad SMARTS) is 1. The van der Waals surface area contributed by atoms with Crippen LogP contribution in [0.15, 0.2) is 34.9 Å². The van der Waals surface area contributed by atoms with Crippen LogP contribution in [0.4, 0.5) is 0 Å². The van der Waals surface area contributed by atoms with Crippen LogP contribution in [0.1, 0.15) is 94.9 Å². The summed E-state index contributed by atoms with van der Waals surface area (Å²) in [5, 5.41) is 19.3. The molecule has 182 valence electrons. The fourth-order valence-corrected chi connectivity index (χ4v) is 4.45. The number of carboxylic acids is 1. The minimum Gasteiger partial charge on any atom is -0.507 e. The number of phenolic OH excluding ortho intramolecular Hbond substituents is 1. The van der Waals surface area contributed by atoms with Gasteiger partial charge in [0.15, 0.2) is 0 Å². The first-order valence-electron chi connectivity index (χ1n) is 12.2. The molecule has 4 heteroatoms. The number of hydrogen-bond donors (Lipinski definition) is 2. The molecule has 0 amide bonds. The maximum atomic E-state index is 10.8. The fourth-order valence-electron chi connectivity index (χ4n) is 4.45. The Balaban J connectivity index is 1.85. The molecule has 2 N–H and O–H groups in total. The van der Waals surface area contributed by atoms with Crippen LogP contribution in [-0.4, -0.2) is 21.8 Å². The lowest BCUT2D eigenvalue weighted by atomic mass is 9.85. The first kappa shape index (κ1) is 26.8. The Morgan fingerprint density at radius 1 is 0.939 bits per heavy atom. The zero-order valence-electron chi connectivity index (χ0n) is 21.6. The molecule has 0 fully saturated rings. The van der Waals surface area contributed by atoms with E-state index in [9.17, 15) is 9.90 Å². The van der Waals surface area contributed by atoms with Gasteiger partial charge in [0.2, 0.25) is 0 Å². The van der Waals surface area contributed by atoms with Crippen LogP contribution in [0.3, 0.4) is 0 Å². The van der Waals surface area contributed by atoms with Crippen molar-refractivity contribution >= 4 is 5.97 Å². The Bertz CT molecular complexity index is 965. The molecular formula is C29H42O4. The molecule has 0 bridgehead atoms. The molecular weight excluding hydrogens is 412 g/mol. The third kappa shape index (κ3) is 7.25. The van der Waals surface area contributed by atoms with Gasteiger partial charge in [-0.15, -0.1) is 0 Å². The van der Waals surface area contributed by atoms with Crippen molar-refractivity contribution < 1.29 is 19.7 Å². The van der Waals surface area contributed by atoms with E-state index in [0.29, 0.717) is 11.3 Å². The summed E-state index contributed by atoms with van der Waals surface area (Å²) in [5.41, 5.74) is 7.04. The summed E-state index contributed by atoms with van der Waals surface area (Å²) in [5.74, 6) is 0.549. The highest BCUT2D eigenvalue weighted by molar-refractivity contribution is 5.85. The Labute approximate surface area is 200 Å². The van der Waals surface area contributed by atoms with Gasteiger partial charge in [0.1, 0.15) is 17.1 Å². The van der Waals surface area contributed by atoms with Crippen molar-refractivity contribution in [3.05, 3.63) is 57.2 Å². The standard InChI is InChI=1S/C29H42O4/c1-19(13-9-15-21(3)28(31)32)11-8-12-20(2)14-10-17-29(7)18-16-25-24(6)26(30)22(4)23(5)27(25)33-29/h11,14-15,30H,8-10,12-13,16-18H2,1-7H3,(H,31,32)/b19-11-,20-14-,21-15+/t29-/m1/s1. The van der Waals surface area contributed by atoms with Gasteiger partial charge < -0.3 is 14.9 Å². The van der Waals surface area contributed by atoms with E-state index >= 15 is 0 Å². The van der Waals surface area contributed by atoms with Crippen LogP contribution in [0, 0.1) is 20.8 Å². The predicted molar refractivity (Wildman–Crippen MR) is 136 cm³/mol. The lowest BCUT2D eigenvalue weighted by Gasteiger charge is -2.38. The third-order valence-electron chi connectivity index (χ3n) is 7.12. The molecule has 0 aliphatic carbocycles. The number of hydrogen-bond acceptors (Lipinski definition) is 3. The van der Waals surface area contributed by atoms with Gasteiger partial charge in [-0.3, -0.25) is 0 Å². The third-order valence-corrected chi connectivity index (χ3v) is 7.12. The predicted octanol–water partition coefficient (Wildman–Crippen LogP) is 7.67. The summed E-state index contributed by atoms with van der Waals surface area (Å²) in [6.45, 7) is 14.2. The molecule has 0 radical (unpaired) electrons. The Morgan fingerprint density at radius 2 is 1.52 bits per heavy atom. The highest BCUT2D eigenvalue weighted by Gasteiger charge is 2.33. The van der Waals surface area contributed by atoms with Gasteiger partial charge in [-0.2, -0.15) is 0 Å². The van der Waals surface area contributed by atoms with Crippen LogP contribution in [0.2, 0.25) is 0 Å². The second kappa shape index (κ2) is 11.6. The number of benzene rings is 1. The maximum Gasteiger partial charge on any atom is 0.330 e. The van der Waals surface area contributed by atoms with Gasteiger partial charge in [0, 0.05) is 11.1 Å². The van der Waals surface area contributed by atoms with Crippen LogP contribution in [-0.2, 0) is 11.2 Å². The summed E-state index contributed by atoms with van der Waals surface area (Å²) in [6.07, 6.45) is 14.0. The number of ether oxygens (including phenoxy) is 1. The minimum absolute atomic E-state index is 0.178. The molecule has 0 aromatic heterocycles. The Kier molecular flexibility index (Phi) is 9.39. The number of rotatable bonds is 10. The van der Waals surface area contributed by atoms with E-state index in [4.69, 9.17) is 9.84 Å². The molecule has 1 heterocycles. The van der Waals surface area contributed by atoms with Crippen molar-refractivity contribution in [3.8, 4) is 11.5 Å². The zero-order valence-corrected chi connectivity index (χ0v) is 21.6. The number of phenols is 1. The van der Waals surface area contributed by atoms with Gasteiger partial charge in [-0.1, -0.05) is 29.4 Å². The van der Waals surface area contributed by atoms with Gasteiger partial charge in [-0.05, 0) is 117 Å². The van der Waals surface area contributed by atoms with E-state index in [1.807, 2.05) is 20.8 Å². The van der Waals surface area contributed by atoms with Gasteiger partial charge >= 0.3 is 5.97 Å². The van der Waals surface area contributed by atoms with Crippen molar-refractivity contribution in [2.75, 3.05) is 0 Å². The number of aliphatic carboxylic acids is 1. The normalized spacial score (nSPS) is 19.3. The van der Waals surface area contributed by atoms with E-state index in [1.165, 1.54) is 11.1 Å². The molecule has 1 aromatic rings. The van der Waals surface area contributed by atoms with E-state index in [-0.39, 0.29) is 5.60 Å². The van der Waals surface area contributed by atoms with Crippen molar-refractivity contribution in [3.63, 3.8) is 0 Å². The van der Waals surface area contributed by atoms with E-state index in [2.05, 4.69) is 32.9 Å². The first-order valence-corrected chi connectivity index (χ1v) is 12.2.